The van der Waals surface area contributed by atoms with Gasteiger partial charge in [-0.05, 0) is 37.7 Å². The van der Waals surface area contributed by atoms with Crippen molar-refractivity contribution in [2.45, 2.75) is 19.4 Å². The van der Waals surface area contributed by atoms with Crippen LogP contribution in [0.3, 0.4) is 0 Å². The molecular weight excluding hydrogens is 198 g/mol. The lowest BCUT2D eigenvalue weighted by molar-refractivity contribution is 0.196. The van der Waals surface area contributed by atoms with Crippen LogP contribution in [0, 0.1) is 0 Å². The van der Waals surface area contributed by atoms with E-state index in [0.717, 1.165) is 23.7 Å². The van der Waals surface area contributed by atoms with E-state index in [0.29, 0.717) is 0 Å². The van der Waals surface area contributed by atoms with Crippen LogP contribution in [0.15, 0.2) is 24.3 Å². The fourth-order valence-electron chi connectivity index (χ4n) is 1.20. The van der Waals surface area contributed by atoms with Gasteiger partial charge in [-0.15, -0.1) is 0 Å². The Labute approximate surface area is 90.2 Å². The fourth-order valence-corrected chi connectivity index (χ4v) is 1.33. The van der Waals surface area contributed by atoms with Gasteiger partial charge in [-0.25, -0.2) is 0 Å². The van der Waals surface area contributed by atoms with Crippen LogP contribution in [-0.2, 0) is 0 Å². The molecule has 78 valence electrons. The van der Waals surface area contributed by atoms with E-state index in [1.807, 2.05) is 31.3 Å². The fraction of sp³-hybridized carbons (Fsp3) is 0.455. The Hall–Kier alpha value is -0.730. The van der Waals surface area contributed by atoms with E-state index in [4.69, 9.17) is 16.3 Å². The van der Waals surface area contributed by atoms with Crippen LogP contribution < -0.4 is 10.1 Å². The van der Waals surface area contributed by atoms with E-state index < -0.39 is 0 Å². The molecule has 1 N–H and O–H groups in total. The summed E-state index contributed by atoms with van der Waals surface area (Å²) in [6.45, 7) is 2.97. The summed E-state index contributed by atoms with van der Waals surface area (Å²) in [5.41, 5.74) is 0. The van der Waals surface area contributed by atoms with Gasteiger partial charge in [-0.2, -0.15) is 0 Å². The monoisotopic (exact) mass is 213 g/mol. The van der Waals surface area contributed by atoms with Crippen molar-refractivity contribution in [3.05, 3.63) is 29.3 Å². The Bertz CT molecular complexity index is 260. The number of likely N-dealkylation sites (N-methyl/N-ethyl adjacent to an activating group) is 1. The maximum absolute atomic E-state index is 5.78. The van der Waals surface area contributed by atoms with Crippen LogP contribution in [-0.4, -0.2) is 19.7 Å². The van der Waals surface area contributed by atoms with Crippen LogP contribution in [0.4, 0.5) is 0 Å². The molecule has 0 amide bonds. The molecule has 0 bridgehead atoms. The topological polar surface area (TPSA) is 21.3 Å². The lowest BCUT2D eigenvalue weighted by atomic mass is 10.2. The quantitative estimate of drug-likeness (QED) is 0.812. The first kappa shape index (κ1) is 11.3. The third-order valence-electron chi connectivity index (χ3n) is 2.00. The van der Waals surface area contributed by atoms with Crippen molar-refractivity contribution in [3.8, 4) is 5.75 Å². The summed E-state index contributed by atoms with van der Waals surface area (Å²) in [6, 6.07) is 7.45. The van der Waals surface area contributed by atoms with Gasteiger partial charge in [0.25, 0.3) is 0 Å². The lowest BCUT2D eigenvalue weighted by Crippen LogP contribution is -2.28. The SMILES string of the molecule is CCC(CNC)Oc1ccc(Cl)cc1. The van der Waals surface area contributed by atoms with Crippen molar-refractivity contribution < 1.29 is 4.74 Å². The molecule has 0 spiro atoms. The normalized spacial score (nSPS) is 12.5. The van der Waals surface area contributed by atoms with Gasteiger partial charge in [-0.1, -0.05) is 18.5 Å². The largest absolute Gasteiger partial charge is 0.489 e. The van der Waals surface area contributed by atoms with Crippen molar-refractivity contribution in [1.82, 2.24) is 5.32 Å². The van der Waals surface area contributed by atoms with Crippen molar-refractivity contribution in [1.29, 1.82) is 0 Å². The summed E-state index contributed by atoms with van der Waals surface area (Å²) in [5, 5.41) is 3.83. The van der Waals surface area contributed by atoms with Gasteiger partial charge in [0.05, 0.1) is 0 Å². The molecule has 0 aliphatic carbocycles. The van der Waals surface area contributed by atoms with Crippen LogP contribution in [0.5, 0.6) is 5.75 Å². The minimum absolute atomic E-state index is 0.223. The molecule has 1 atom stereocenters. The van der Waals surface area contributed by atoms with Gasteiger partial charge in [0.1, 0.15) is 11.9 Å². The highest BCUT2D eigenvalue weighted by Gasteiger charge is 2.05. The second-order valence-electron chi connectivity index (χ2n) is 3.16. The minimum atomic E-state index is 0.223. The standard InChI is InChI=1S/C11H16ClNO/c1-3-10(8-13-2)14-11-6-4-9(12)5-7-11/h4-7,10,13H,3,8H2,1-2H3. The molecule has 1 aromatic rings. The maximum atomic E-state index is 5.78. The lowest BCUT2D eigenvalue weighted by Gasteiger charge is -2.16. The van der Waals surface area contributed by atoms with E-state index in [2.05, 4.69) is 12.2 Å². The van der Waals surface area contributed by atoms with Gasteiger partial charge in [0.15, 0.2) is 0 Å². The number of hydrogen-bond donors (Lipinski definition) is 1. The van der Waals surface area contributed by atoms with Crippen molar-refractivity contribution >= 4 is 11.6 Å². The Morgan fingerprint density at radius 2 is 2.00 bits per heavy atom. The highest BCUT2D eigenvalue weighted by molar-refractivity contribution is 6.30. The van der Waals surface area contributed by atoms with Crippen LogP contribution in [0.2, 0.25) is 5.02 Å². The Morgan fingerprint density at radius 3 is 2.50 bits per heavy atom. The van der Waals surface area contributed by atoms with Crippen molar-refractivity contribution in [2.24, 2.45) is 0 Å². The molecule has 3 heteroatoms. The zero-order valence-electron chi connectivity index (χ0n) is 8.59. The zero-order chi connectivity index (χ0) is 10.4. The molecule has 1 rings (SSSR count). The van der Waals surface area contributed by atoms with Gasteiger partial charge < -0.3 is 10.1 Å². The predicted molar refractivity (Wildman–Crippen MR) is 60.1 cm³/mol. The average Bonchev–Trinajstić information content (AvgIpc) is 2.20. The smallest absolute Gasteiger partial charge is 0.119 e. The molecule has 14 heavy (non-hydrogen) atoms. The van der Waals surface area contributed by atoms with E-state index in [1.54, 1.807) is 0 Å². The molecule has 0 fully saturated rings. The van der Waals surface area contributed by atoms with Crippen LogP contribution in [0.1, 0.15) is 13.3 Å². The van der Waals surface area contributed by atoms with Crippen LogP contribution in [0.25, 0.3) is 0 Å². The summed E-state index contributed by atoms with van der Waals surface area (Å²) < 4.78 is 5.74. The summed E-state index contributed by atoms with van der Waals surface area (Å²) >= 11 is 5.78. The van der Waals surface area contributed by atoms with Gasteiger partial charge in [0.2, 0.25) is 0 Å². The number of ether oxygens (including phenoxy) is 1. The molecule has 0 aromatic heterocycles. The number of hydrogen-bond acceptors (Lipinski definition) is 2. The molecule has 0 radical (unpaired) electrons. The molecule has 0 saturated heterocycles. The maximum Gasteiger partial charge on any atom is 0.119 e. The average molecular weight is 214 g/mol. The number of nitrogens with one attached hydrogen (secondary N) is 1. The first-order valence-electron chi connectivity index (χ1n) is 4.83. The first-order valence-corrected chi connectivity index (χ1v) is 5.21. The van der Waals surface area contributed by atoms with Crippen molar-refractivity contribution in [3.63, 3.8) is 0 Å². The molecule has 2 nitrogen and oxygen atoms in total. The van der Waals surface area contributed by atoms with E-state index >= 15 is 0 Å². The second-order valence-corrected chi connectivity index (χ2v) is 3.60. The van der Waals surface area contributed by atoms with Gasteiger partial charge >= 0.3 is 0 Å². The number of rotatable bonds is 5. The number of halogens is 1. The van der Waals surface area contributed by atoms with Crippen molar-refractivity contribution in [2.75, 3.05) is 13.6 Å². The highest BCUT2D eigenvalue weighted by Crippen LogP contribution is 2.17. The van der Waals surface area contributed by atoms with E-state index in [1.165, 1.54) is 0 Å². The molecule has 0 aliphatic rings. The summed E-state index contributed by atoms with van der Waals surface area (Å²) in [4.78, 5) is 0. The molecule has 1 aromatic carbocycles. The second kappa shape index (κ2) is 5.89. The van der Waals surface area contributed by atoms with Gasteiger partial charge in [-0.3, -0.25) is 0 Å². The predicted octanol–water partition coefficient (Wildman–Crippen LogP) is 2.72. The Kier molecular flexibility index (Phi) is 4.77. The van der Waals surface area contributed by atoms with E-state index in [9.17, 15) is 0 Å². The third-order valence-corrected chi connectivity index (χ3v) is 2.26. The summed E-state index contributed by atoms with van der Waals surface area (Å²) in [6.07, 6.45) is 1.21. The molecule has 0 saturated carbocycles. The Balaban J connectivity index is 2.53. The summed E-state index contributed by atoms with van der Waals surface area (Å²) in [7, 11) is 1.92. The molecular formula is C11H16ClNO. The highest BCUT2D eigenvalue weighted by atomic mass is 35.5. The molecule has 0 aliphatic heterocycles. The van der Waals surface area contributed by atoms with Gasteiger partial charge in [0, 0.05) is 11.6 Å². The molecule has 0 heterocycles. The Morgan fingerprint density at radius 1 is 1.36 bits per heavy atom. The minimum Gasteiger partial charge on any atom is -0.489 e. The first-order chi connectivity index (χ1) is 6.76. The molecule has 1 unspecified atom stereocenters. The van der Waals surface area contributed by atoms with Crippen LogP contribution >= 0.6 is 11.6 Å². The zero-order valence-corrected chi connectivity index (χ0v) is 9.34. The van der Waals surface area contributed by atoms with E-state index in [-0.39, 0.29) is 6.10 Å². The summed E-state index contributed by atoms with van der Waals surface area (Å²) in [5.74, 6) is 0.872. The third kappa shape index (κ3) is 3.56. The number of benzene rings is 1.